The van der Waals surface area contributed by atoms with Crippen molar-refractivity contribution in [3.05, 3.63) is 30.0 Å². The molecule has 0 aliphatic carbocycles. The van der Waals surface area contributed by atoms with Crippen molar-refractivity contribution in [3.8, 4) is 5.75 Å². The smallest absolute Gasteiger partial charge is 0.381 e. The molecular weight excluding hydrogens is 270 g/mol. The van der Waals surface area contributed by atoms with E-state index in [1.54, 1.807) is 20.1 Å². The number of aromatic nitrogens is 1. The van der Waals surface area contributed by atoms with Crippen LogP contribution in [0.25, 0.3) is 10.9 Å². The van der Waals surface area contributed by atoms with Crippen molar-refractivity contribution in [1.29, 1.82) is 0 Å². The van der Waals surface area contributed by atoms with Gasteiger partial charge in [-0.15, -0.1) is 0 Å². The number of nitrogens with zero attached hydrogens (tertiary/aromatic N) is 1. The van der Waals surface area contributed by atoms with Gasteiger partial charge in [0.05, 0.1) is 19.4 Å². The van der Waals surface area contributed by atoms with E-state index in [0.29, 0.717) is 11.4 Å². The molecule has 0 atom stereocenters. The van der Waals surface area contributed by atoms with Gasteiger partial charge in [-0.05, 0) is 45.0 Å². The number of benzene rings is 1. The average molecular weight is 289 g/mol. The Bertz CT molecular complexity index is 685. The number of Topliss-reactive ketones (excluding diaryl/α,β-unsaturated/α-hetero) is 1. The SMILES string of the molecule is CCOC(=O)C(=O)c1cc2cc(OC)ccc2n1C(C)C. The zero-order valence-corrected chi connectivity index (χ0v) is 12.7. The third-order valence-electron chi connectivity index (χ3n) is 3.26. The number of fused-ring (bicyclic) bond motifs is 1. The summed E-state index contributed by atoms with van der Waals surface area (Å²) in [6.45, 7) is 5.78. The van der Waals surface area contributed by atoms with Crippen molar-refractivity contribution in [2.45, 2.75) is 26.8 Å². The Hall–Kier alpha value is -2.30. The fraction of sp³-hybridized carbons (Fsp3) is 0.375. The topological polar surface area (TPSA) is 57.5 Å². The Labute approximate surface area is 123 Å². The van der Waals surface area contributed by atoms with Gasteiger partial charge in [0.1, 0.15) is 5.75 Å². The van der Waals surface area contributed by atoms with Gasteiger partial charge in [-0.25, -0.2) is 4.79 Å². The van der Waals surface area contributed by atoms with E-state index in [2.05, 4.69) is 0 Å². The molecule has 0 fully saturated rings. The second-order valence-corrected chi connectivity index (χ2v) is 4.97. The summed E-state index contributed by atoms with van der Waals surface area (Å²) >= 11 is 0. The van der Waals surface area contributed by atoms with Gasteiger partial charge in [0.15, 0.2) is 0 Å². The predicted octanol–water partition coefficient (Wildman–Crippen LogP) is 2.98. The molecule has 0 N–H and O–H groups in total. The Balaban J connectivity index is 2.59. The fourth-order valence-electron chi connectivity index (χ4n) is 2.37. The first kappa shape index (κ1) is 15.1. The van der Waals surface area contributed by atoms with Crippen LogP contribution in [0.2, 0.25) is 0 Å². The average Bonchev–Trinajstić information content (AvgIpc) is 2.84. The van der Waals surface area contributed by atoms with E-state index in [-0.39, 0.29) is 12.6 Å². The van der Waals surface area contributed by atoms with E-state index < -0.39 is 11.8 Å². The Morgan fingerprint density at radius 3 is 2.52 bits per heavy atom. The maximum absolute atomic E-state index is 12.3. The second-order valence-electron chi connectivity index (χ2n) is 4.97. The van der Waals surface area contributed by atoms with E-state index >= 15 is 0 Å². The highest BCUT2D eigenvalue weighted by atomic mass is 16.5. The van der Waals surface area contributed by atoms with Crippen LogP contribution in [0.1, 0.15) is 37.3 Å². The number of methoxy groups -OCH3 is 1. The van der Waals surface area contributed by atoms with Gasteiger partial charge >= 0.3 is 5.97 Å². The van der Waals surface area contributed by atoms with Crippen LogP contribution in [0.15, 0.2) is 24.3 Å². The minimum absolute atomic E-state index is 0.0456. The summed E-state index contributed by atoms with van der Waals surface area (Å²) in [5.74, 6) is -0.742. The highest BCUT2D eigenvalue weighted by molar-refractivity contribution is 6.40. The molecule has 2 aromatic rings. The summed E-state index contributed by atoms with van der Waals surface area (Å²) < 4.78 is 11.8. The Morgan fingerprint density at radius 2 is 1.95 bits per heavy atom. The van der Waals surface area contributed by atoms with Crippen LogP contribution in [-0.4, -0.2) is 30.0 Å². The molecule has 0 radical (unpaired) electrons. The molecule has 0 amide bonds. The van der Waals surface area contributed by atoms with Gasteiger partial charge in [-0.3, -0.25) is 4.79 Å². The molecule has 0 unspecified atom stereocenters. The third-order valence-corrected chi connectivity index (χ3v) is 3.26. The molecule has 5 nitrogen and oxygen atoms in total. The molecule has 21 heavy (non-hydrogen) atoms. The maximum Gasteiger partial charge on any atom is 0.381 e. The summed E-state index contributed by atoms with van der Waals surface area (Å²) in [4.78, 5) is 24.0. The number of esters is 1. The normalized spacial score (nSPS) is 10.9. The van der Waals surface area contributed by atoms with Gasteiger partial charge in [0, 0.05) is 16.9 Å². The summed E-state index contributed by atoms with van der Waals surface area (Å²) in [5, 5.41) is 0.857. The van der Waals surface area contributed by atoms with Crippen LogP contribution in [-0.2, 0) is 9.53 Å². The summed E-state index contributed by atoms with van der Waals surface area (Å²) in [6, 6.07) is 7.31. The van der Waals surface area contributed by atoms with Gasteiger partial charge in [-0.1, -0.05) is 0 Å². The van der Waals surface area contributed by atoms with E-state index in [0.717, 1.165) is 10.9 Å². The molecule has 0 saturated heterocycles. The molecule has 112 valence electrons. The number of carbonyl (C=O) groups excluding carboxylic acids is 2. The number of ether oxygens (including phenoxy) is 2. The van der Waals surface area contributed by atoms with Crippen LogP contribution < -0.4 is 4.74 Å². The first-order valence-electron chi connectivity index (χ1n) is 6.90. The molecule has 2 rings (SSSR count). The standard InChI is InChI=1S/C16H19NO4/c1-5-21-16(19)15(18)14-9-11-8-12(20-4)6-7-13(11)17(14)10(2)3/h6-10H,5H2,1-4H3. The molecule has 1 heterocycles. The highest BCUT2D eigenvalue weighted by Gasteiger charge is 2.24. The first-order valence-corrected chi connectivity index (χ1v) is 6.90. The molecule has 0 saturated carbocycles. The molecule has 0 spiro atoms. The maximum atomic E-state index is 12.3. The monoisotopic (exact) mass is 289 g/mol. The molecule has 0 aliphatic heterocycles. The van der Waals surface area contributed by atoms with Crippen LogP contribution >= 0.6 is 0 Å². The van der Waals surface area contributed by atoms with Crippen LogP contribution in [0, 0.1) is 0 Å². The van der Waals surface area contributed by atoms with Gasteiger partial charge < -0.3 is 14.0 Å². The lowest BCUT2D eigenvalue weighted by Gasteiger charge is -2.13. The summed E-state index contributed by atoms with van der Waals surface area (Å²) in [6.07, 6.45) is 0. The summed E-state index contributed by atoms with van der Waals surface area (Å²) in [7, 11) is 1.59. The fourth-order valence-corrected chi connectivity index (χ4v) is 2.37. The number of carbonyl (C=O) groups is 2. The van der Waals surface area contributed by atoms with Crippen LogP contribution in [0.5, 0.6) is 5.75 Å². The molecule has 0 aliphatic rings. The molecule has 1 aromatic carbocycles. The number of rotatable bonds is 5. The minimum Gasteiger partial charge on any atom is -0.497 e. The lowest BCUT2D eigenvalue weighted by Crippen LogP contribution is -2.21. The molecule has 1 aromatic heterocycles. The number of hydrogen-bond acceptors (Lipinski definition) is 4. The molecule has 0 bridgehead atoms. The lowest BCUT2D eigenvalue weighted by atomic mass is 10.2. The minimum atomic E-state index is -0.825. The van der Waals surface area contributed by atoms with Crippen molar-refractivity contribution >= 4 is 22.7 Å². The first-order chi connectivity index (χ1) is 9.99. The zero-order valence-electron chi connectivity index (χ0n) is 12.7. The number of ketones is 1. The van der Waals surface area contributed by atoms with E-state index in [1.807, 2.05) is 36.6 Å². The Morgan fingerprint density at radius 1 is 1.24 bits per heavy atom. The van der Waals surface area contributed by atoms with E-state index in [1.165, 1.54) is 0 Å². The number of hydrogen-bond donors (Lipinski definition) is 0. The molecular formula is C16H19NO4. The highest BCUT2D eigenvalue weighted by Crippen LogP contribution is 2.28. The van der Waals surface area contributed by atoms with Crippen LogP contribution in [0.4, 0.5) is 0 Å². The van der Waals surface area contributed by atoms with E-state index in [9.17, 15) is 9.59 Å². The quantitative estimate of drug-likeness (QED) is 0.482. The third kappa shape index (κ3) is 2.77. The lowest BCUT2D eigenvalue weighted by molar-refractivity contribution is -0.137. The van der Waals surface area contributed by atoms with Crippen molar-refractivity contribution < 1.29 is 19.1 Å². The van der Waals surface area contributed by atoms with Crippen molar-refractivity contribution in [3.63, 3.8) is 0 Å². The second kappa shape index (κ2) is 5.99. The predicted molar refractivity (Wildman–Crippen MR) is 79.8 cm³/mol. The van der Waals surface area contributed by atoms with Gasteiger partial charge in [0.2, 0.25) is 0 Å². The van der Waals surface area contributed by atoms with Crippen LogP contribution in [0.3, 0.4) is 0 Å². The van der Waals surface area contributed by atoms with Gasteiger partial charge in [0.25, 0.3) is 5.78 Å². The summed E-state index contributed by atoms with van der Waals surface area (Å²) in [5.41, 5.74) is 1.23. The van der Waals surface area contributed by atoms with Gasteiger partial charge in [-0.2, -0.15) is 0 Å². The Kier molecular flexibility index (Phi) is 4.31. The van der Waals surface area contributed by atoms with Crippen molar-refractivity contribution in [1.82, 2.24) is 4.57 Å². The largest absolute Gasteiger partial charge is 0.497 e. The van der Waals surface area contributed by atoms with Crippen molar-refractivity contribution in [2.24, 2.45) is 0 Å². The zero-order chi connectivity index (χ0) is 15.6. The molecule has 5 heteroatoms. The van der Waals surface area contributed by atoms with Crippen molar-refractivity contribution in [2.75, 3.05) is 13.7 Å². The van der Waals surface area contributed by atoms with E-state index in [4.69, 9.17) is 9.47 Å².